The van der Waals surface area contributed by atoms with E-state index in [0.29, 0.717) is 6.00 Å². The van der Waals surface area contributed by atoms with Gasteiger partial charge in [0.05, 0.1) is 12.4 Å². The van der Waals surface area contributed by atoms with Crippen LogP contribution in [0.25, 0.3) is 0 Å². The average molecular weight is 130 g/mol. The van der Waals surface area contributed by atoms with Crippen molar-refractivity contribution in [2.75, 3.05) is 0 Å². The lowest BCUT2D eigenvalue weighted by Crippen LogP contribution is -2.29. The van der Waals surface area contributed by atoms with Crippen LogP contribution in [0.2, 0.25) is 0 Å². The molecule has 1 aromatic heterocycles. The van der Waals surface area contributed by atoms with E-state index in [1.54, 1.807) is 12.4 Å². The maximum absolute atomic E-state index is 5.46. The fraction of sp³-hybridized carbons (Fsp3) is 0.200. The van der Waals surface area contributed by atoms with Gasteiger partial charge in [-0.1, -0.05) is 11.6 Å². The number of nitrogens with zero attached hydrogens (tertiary/aromatic N) is 2. The molecule has 0 bridgehead atoms. The maximum atomic E-state index is 5.46. The molecule has 3 heteroatoms. The Morgan fingerprint density at radius 2 is 2.00 bits per heavy atom. The van der Waals surface area contributed by atoms with E-state index in [1.165, 1.54) is 0 Å². The van der Waals surface area contributed by atoms with Gasteiger partial charge in [0, 0.05) is 0 Å². The summed E-state index contributed by atoms with van der Waals surface area (Å²) in [4.78, 5) is 3.81. The number of hydrogen-bond acceptors (Lipinski definition) is 1. The summed E-state index contributed by atoms with van der Waals surface area (Å²) in [6.07, 6.45) is 7.02. The number of hydrogen-bond donors (Lipinski definition) is 0. The van der Waals surface area contributed by atoms with Gasteiger partial charge in [0.1, 0.15) is 0 Å². The lowest BCUT2D eigenvalue weighted by Gasteiger charge is -1.82. The Morgan fingerprint density at radius 1 is 1.38 bits per heavy atom. The first-order valence-corrected chi connectivity index (χ1v) is 2.82. The summed E-state index contributed by atoms with van der Waals surface area (Å²) >= 11 is 5.46. The van der Waals surface area contributed by atoms with Gasteiger partial charge in [-0.3, -0.25) is 4.98 Å². The van der Waals surface area contributed by atoms with Crippen LogP contribution >= 0.6 is 11.6 Å². The van der Waals surface area contributed by atoms with E-state index in [-0.39, 0.29) is 0 Å². The molecular formula is C5H6ClN2+. The van der Waals surface area contributed by atoms with Gasteiger partial charge in [0.25, 0.3) is 0 Å². The highest BCUT2D eigenvalue weighted by Gasteiger charge is 1.88. The molecule has 0 aromatic carbocycles. The molecule has 0 N–H and O–H groups in total. The van der Waals surface area contributed by atoms with Crippen molar-refractivity contribution >= 4 is 11.6 Å². The molecule has 0 aliphatic rings. The first kappa shape index (κ1) is 5.51. The monoisotopic (exact) mass is 129 g/mol. The van der Waals surface area contributed by atoms with Crippen LogP contribution in [0, 0.1) is 0 Å². The van der Waals surface area contributed by atoms with E-state index in [0.717, 1.165) is 0 Å². The molecular weight excluding hydrogens is 124 g/mol. The van der Waals surface area contributed by atoms with Crippen molar-refractivity contribution < 1.29 is 4.57 Å². The fourth-order valence-electron chi connectivity index (χ4n) is 0.427. The molecule has 8 heavy (non-hydrogen) atoms. The Kier molecular flexibility index (Phi) is 1.80. The van der Waals surface area contributed by atoms with E-state index in [9.17, 15) is 0 Å². The highest BCUT2D eigenvalue weighted by molar-refractivity contribution is 6.14. The molecule has 1 rings (SSSR count). The van der Waals surface area contributed by atoms with Crippen molar-refractivity contribution in [2.24, 2.45) is 0 Å². The van der Waals surface area contributed by atoms with Gasteiger partial charge in [-0.15, -0.1) is 0 Å². The van der Waals surface area contributed by atoms with Crippen molar-refractivity contribution in [1.82, 2.24) is 4.98 Å². The molecule has 1 aromatic rings. The van der Waals surface area contributed by atoms with Gasteiger partial charge in [-0.2, -0.15) is 4.57 Å². The zero-order valence-corrected chi connectivity index (χ0v) is 5.04. The lowest BCUT2D eigenvalue weighted by atomic mass is 10.7. The molecule has 0 unspecified atom stereocenters. The van der Waals surface area contributed by atoms with E-state index in [4.69, 9.17) is 11.6 Å². The zero-order valence-electron chi connectivity index (χ0n) is 4.29. The van der Waals surface area contributed by atoms with Crippen LogP contribution in [0.5, 0.6) is 0 Å². The second kappa shape index (κ2) is 2.62. The highest BCUT2D eigenvalue weighted by Crippen LogP contribution is 1.73. The molecule has 0 aliphatic heterocycles. The Balaban J connectivity index is 2.83. The minimum Gasteiger partial charge on any atom is -0.252 e. The molecule has 0 fully saturated rings. The number of rotatable bonds is 1. The van der Waals surface area contributed by atoms with Crippen LogP contribution in [0.1, 0.15) is 0 Å². The zero-order chi connectivity index (χ0) is 5.82. The van der Waals surface area contributed by atoms with E-state index in [1.807, 2.05) is 17.0 Å². The Hall–Kier alpha value is -0.630. The molecule has 2 nitrogen and oxygen atoms in total. The summed E-state index contributed by atoms with van der Waals surface area (Å²) in [6, 6.07) is 0.489. The van der Waals surface area contributed by atoms with Gasteiger partial charge in [-0.25, -0.2) is 0 Å². The minimum absolute atomic E-state index is 0.489. The minimum atomic E-state index is 0.489. The van der Waals surface area contributed by atoms with Gasteiger partial charge in [0.2, 0.25) is 6.00 Å². The molecule has 1 heterocycles. The predicted molar refractivity (Wildman–Crippen MR) is 30.3 cm³/mol. The topological polar surface area (TPSA) is 16.8 Å². The Labute approximate surface area is 52.7 Å². The molecule has 0 atom stereocenters. The standard InChI is InChI=1S/C5H6ClN2/c6-5-8-3-1-7-2-4-8/h1-4H,5H2/q+1. The van der Waals surface area contributed by atoms with Crippen molar-refractivity contribution in [3.8, 4) is 0 Å². The number of alkyl halides is 1. The van der Waals surface area contributed by atoms with Gasteiger partial charge < -0.3 is 0 Å². The summed E-state index contributed by atoms with van der Waals surface area (Å²) in [5.41, 5.74) is 0. The summed E-state index contributed by atoms with van der Waals surface area (Å²) < 4.78 is 1.83. The van der Waals surface area contributed by atoms with Gasteiger partial charge in [-0.05, 0) is 0 Å². The van der Waals surface area contributed by atoms with Crippen LogP contribution in [-0.4, -0.2) is 4.98 Å². The normalized spacial score (nSPS) is 9.12. The molecule has 0 radical (unpaired) electrons. The SMILES string of the molecule is ClC[n+]1ccncc1. The fourth-order valence-corrected chi connectivity index (χ4v) is 0.587. The summed E-state index contributed by atoms with van der Waals surface area (Å²) in [5.74, 6) is 0. The number of halogens is 1. The highest BCUT2D eigenvalue weighted by atomic mass is 35.5. The second-order valence-corrected chi connectivity index (χ2v) is 1.62. The molecule has 0 aliphatic carbocycles. The Morgan fingerprint density at radius 3 is 2.38 bits per heavy atom. The maximum Gasteiger partial charge on any atom is 0.222 e. The van der Waals surface area contributed by atoms with E-state index >= 15 is 0 Å². The largest absolute Gasteiger partial charge is 0.252 e. The summed E-state index contributed by atoms with van der Waals surface area (Å²) in [6.45, 7) is 0. The predicted octanol–water partition coefficient (Wildman–Crippen LogP) is 0.565. The smallest absolute Gasteiger partial charge is 0.222 e. The molecule has 0 saturated carbocycles. The summed E-state index contributed by atoms with van der Waals surface area (Å²) in [7, 11) is 0. The molecule has 0 spiro atoms. The third kappa shape index (κ3) is 1.17. The average Bonchev–Trinajstić information content (AvgIpc) is 1.90. The van der Waals surface area contributed by atoms with Crippen LogP contribution in [-0.2, 0) is 6.00 Å². The van der Waals surface area contributed by atoms with Crippen molar-refractivity contribution in [1.29, 1.82) is 0 Å². The quantitative estimate of drug-likeness (QED) is 0.400. The third-order valence-corrected chi connectivity index (χ3v) is 1.10. The first-order valence-electron chi connectivity index (χ1n) is 2.28. The number of aromatic nitrogens is 2. The van der Waals surface area contributed by atoms with Gasteiger partial charge in [0.15, 0.2) is 12.4 Å². The van der Waals surface area contributed by atoms with Crippen molar-refractivity contribution in [2.45, 2.75) is 6.00 Å². The van der Waals surface area contributed by atoms with Crippen LogP contribution in [0.15, 0.2) is 24.8 Å². The van der Waals surface area contributed by atoms with E-state index < -0.39 is 0 Å². The van der Waals surface area contributed by atoms with Crippen molar-refractivity contribution in [3.05, 3.63) is 24.8 Å². The molecule has 0 saturated heterocycles. The van der Waals surface area contributed by atoms with Crippen LogP contribution < -0.4 is 4.57 Å². The van der Waals surface area contributed by atoms with Crippen molar-refractivity contribution in [3.63, 3.8) is 0 Å². The first-order chi connectivity index (χ1) is 3.93. The second-order valence-electron chi connectivity index (χ2n) is 1.38. The lowest BCUT2D eigenvalue weighted by molar-refractivity contribution is -0.678. The van der Waals surface area contributed by atoms with E-state index in [2.05, 4.69) is 4.98 Å². The third-order valence-electron chi connectivity index (χ3n) is 0.826. The Bertz CT molecular complexity index is 152. The van der Waals surface area contributed by atoms with Crippen LogP contribution in [0.3, 0.4) is 0 Å². The summed E-state index contributed by atoms with van der Waals surface area (Å²) in [5, 5.41) is 0. The molecule has 42 valence electrons. The molecule has 0 amide bonds. The van der Waals surface area contributed by atoms with Crippen LogP contribution in [0.4, 0.5) is 0 Å². The van der Waals surface area contributed by atoms with Gasteiger partial charge >= 0.3 is 0 Å².